The van der Waals surface area contributed by atoms with E-state index in [0.717, 1.165) is 66.8 Å². The Morgan fingerprint density at radius 1 is 0.449 bits per heavy atom. The summed E-state index contributed by atoms with van der Waals surface area (Å²) in [6.07, 6.45) is 10.9. The molecule has 3 heterocycles. The van der Waals surface area contributed by atoms with E-state index in [1.807, 2.05) is 69.7 Å². The fourth-order valence-electron chi connectivity index (χ4n) is 5.95. The highest BCUT2D eigenvalue weighted by Crippen LogP contribution is 2.40. The van der Waals surface area contributed by atoms with E-state index < -0.39 is 5.60 Å². The summed E-state index contributed by atoms with van der Waals surface area (Å²) in [4.78, 5) is 27.1. The minimum atomic E-state index is -0.680. The van der Waals surface area contributed by atoms with Crippen LogP contribution < -0.4 is 0 Å². The van der Waals surface area contributed by atoms with Crippen molar-refractivity contribution in [2.24, 2.45) is 0 Å². The number of carbonyl (C=O) groups excluding carboxylic acids is 1. The molecule has 0 N–H and O–H groups in total. The largest absolute Gasteiger partial charge is 0.456 e. The summed E-state index contributed by atoms with van der Waals surface area (Å²) in [5.41, 5.74) is 11.6. The third kappa shape index (κ3) is 7.07. The van der Waals surface area contributed by atoms with Crippen LogP contribution >= 0.6 is 0 Å². The zero-order valence-corrected chi connectivity index (χ0v) is 27.7. The molecule has 3 aromatic heterocycles. The molecule has 4 aromatic carbocycles. The minimum Gasteiger partial charge on any atom is -0.456 e. The second-order valence-corrected chi connectivity index (χ2v) is 12.9. The molecular weight excluding hydrogens is 603 g/mol. The Balaban J connectivity index is 1.41. The molecule has 0 atom stereocenters. The van der Waals surface area contributed by atoms with E-state index in [1.165, 1.54) is 0 Å². The molecule has 0 saturated heterocycles. The Bertz CT molecular complexity index is 2090. The van der Waals surface area contributed by atoms with Gasteiger partial charge in [0, 0.05) is 37.2 Å². The fourth-order valence-corrected chi connectivity index (χ4v) is 5.95. The molecule has 0 fully saturated rings. The van der Waals surface area contributed by atoms with Gasteiger partial charge in [-0.1, -0.05) is 91.0 Å². The van der Waals surface area contributed by atoms with E-state index in [9.17, 15) is 4.79 Å². The third-order valence-electron chi connectivity index (χ3n) is 8.34. The Kier molecular flexibility index (Phi) is 8.65. The molecular formula is C44H35N3O2. The van der Waals surface area contributed by atoms with Crippen LogP contribution in [-0.4, -0.2) is 26.5 Å². The Labute approximate surface area is 287 Å². The molecule has 0 aliphatic rings. The first kappa shape index (κ1) is 31.4. The maximum atomic E-state index is 14.2. The lowest BCUT2D eigenvalue weighted by atomic mass is 9.86. The lowest BCUT2D eigenvalue weighted by molar-refractivity contribution is 0.00713. The van der Waals surface area contributed by atoms with Crippen molar-refractivity contribution in [2.45, 2.75) is 26.4 Å². The molecule has 5 nitrogen and oxygen atoms in total. The molecule has 238 valence electrons. The number of pyridine rings is 3. The highest BCUT2D eigenvalue weighted by Gasteiger charge is 2.26. The van der Waals surface area contributed by atoms with Crippen LogP contribution in [-0.2, 0) is 4.74 Å². The van der Waals surface area contributed by atoms with Crippen molar-refractivity contribution in [2.75, 3.05) is 0 Å². The van der Waals surface area contributed by atoms with E-state index >= 15 is 0 Å². The van der Waals surface area contributed by atoms with Gasteiger partial charge in [-0.05, 0) is 118 Å². The lowest BCUT2D eigenvalue weighted by Crippen LogP contribution is -2.24. The normalized spacial score (nSPS) is 11.2. The quantitative estimate of drug-likeness (QED) is 0.163. The molecule has 0 aliphatic carbocycles. The van der Waals surface area contributed by atoms with Crippen molar-refractivity contribution < 1.29 is 9.53 Å². The van der Waals surface area contributed by atoms with Gasteiger partial charge in [0.2, 0.25) is 0 Å². The minimum absolute atomic E-state index is 0.372. The number of carbonyl (C=O) groups is 1. The Hall–Kier alpha value is -6.20. The molecule has 5 heteroatoms. The Morgan fingerprint density at radius 3 is 1.08 bits per heavy atom. The molecule has 0 aliphatic heterocycles. The van der Waals surface area contributed by atoms with Gasteiger partial charge in [0.15, 0.2) is 0 Å². The summed E-state index contributed by atoms with van der Waals surface area (Å²) < 4.78 is 6.08. The average Bonchev–Trinajstić information content (AvgIpc) is 3.15. The van der Waals surface area contributed by atoms with Gasteiger partial charge in [0.1, 0.15) is 5.60 Å². The second-order valence-electron chi connectivity index (χ2n) is 12.9. The van der Waals surface area contributed by atoms with Crippen LogP contribution in [0.2, 0.25) is 0 Å². The standard InChI is InChI=1S/C44H35N3O2/c1-44(2,3)49-43(48)42-40(34-18-14-31(15-19-34)37-8-5-23-46-28-37)25-39(33-12-10-30(11-13-33)36-7-4-22-45-27-36)26-41(42)35-20-16-32(17-21-35)38-9-6-24-47-29-38/h4-29H,1-3H3. The van der Waals surface area contributed by atoms with E-state index in [4.69, 9.17) is 4.74 Å². The summed E-state index contributed by atoms with van der Waals surface area (Å²) in [7, 11) is 0. The molecule has 0 spiro atoms. The van der Waals surface area contributed by atoms with Crippen molar-refractivity contribution >= 4 is 5.97 Å². The summed E-state index contributed by atoms with van der Waals surface area (Å²) in [5.74, 6) is -0.372. The van der Waals surface area contributed by atoms with Crippen LogP contribution in [0.15, 0.2) is 159 Å². The van der Waals surface area contributed by atoms with Gasteiger partial charge in [0.05, 0.1) is 5.56 Å². The predicted octanol–water partition coefficient (Wildman–Crippen LogP) is 10.8. The highest BCUT2D eigenvalue weighted by molar-refractivity contribution is 6.06. The molecule has 0 unspecified atom stereocenters. The second kappa shape index (κ2) is 13.5. The van der Waals surface area contributed by atoms with Crippen molar-refractivity contribution in [1.29, 1.82) is 0 Å². The predicted molar refractivity (Wildman–Crippen MR) is 198 cm³/mol. The molecule has 0 saturated carbocycles. The molecule has 0 radical (unpaired) electrons. The summed E-state index contributed by atoms with van der Waals surface area (Å²) >= 11 is 0. The number of esters is 1. The fraction of sp³-hybridized carbons (Fsp3) is 0.0909. The number of hydrogen-bond acceptors (Lipinski definition) is 5. The number of rotatable bonds is 7. The van der Waals surface area contributed by atoms with E-state index in [1.54, 1.807) is 18.6 Å². The van der Waals surface area contributed by atoms with E-state index in [2.05, 4.69) is 106 Å². The maximum absolute atomic E-state index is 14.2. The van der Waals surface area contributed by atoms with Crippen molar-refractivity contribution in [3.8, 4) is 66.8 Å². The number of aromatic nitrogens is 3. The first-order chi connectivity index (χ1) is 23.8. The summed E-state index contributed by atoms with van der Waals surface area (Å²) in [6, 6.07) is 41.1. The zero-order valence-electron chi connectivity index (χ0n) is 27.7. The monoisotopic (exact) mass is 637 g/mol. The SMILES string of the molecule is CC(C)(C)OC(=O)c1c(-c2ccc(-c3cccnc3)cc2)cc(-c2ccc(-c3cccnc3)cc2)cc1-c1ccc(-c2cccnc2)cc1. The van der Waals surface area contributed by atoms with Gasteiger partial charge in [-0.3, -0.25) is 15.0 Å². The first-order valence-corrected chi connectivity index (χ1v) is 16.3. The molecule has 0 bridgehead atoms. The van der Waals surface area contributed by atoms with Crippen molar-refractivity contribution in [1.82, 2.24) is 15.0 Å². The number of ether oxygens (including phenoxy) is 1. The average molecular weight is 638 g/mol. The lowest BCUT2D eigenvalue weighted by Gasteiger charge is -2.23. The van der Waals surface area contributed by atoms with Gasteiger partial charge >= 0.3 is 5.97 Å². The molecule has 49 heavy (non-hydrogen) atoms. The van der Waals surface area contributed by atoms with Gasteiger partial charge in [-0.15, -0.1) is 0 Å². The van der Waals surface area contributed by atoms with Gasteiger partial charge in [-0.2, -0.15) is 0 Å². The van der Waals surface area contributed by atoms with Crippen LogP contribution in [0, 0.1) is 0 Å². The number of benzene rings is 4. The zero-order chi connectivity index (χ0) is 33.8. The van der Waals surface area contributed by atoms with Gasteiger partial charge in [0.25, 0.3) is 0 Å². The Morgan fingerprint density at radius 2 is 0.776 bits per heavy atom. The van der Waals surface area contributed by atoms with Crippen LogP contribution in [0.3, 0.4) is 0 Å². The molecule has 0 amide bonds. The number of nitrogens with zero attached hydrogens (tertiary/aromatic N) is 3. The van der Waals surface area contributed by atoms with Crippen molar-refractivity contribution in [3.05, 3.63) is 164 Å². The maximum Gasteiger partial charge on any atom is 0.339 e. The van der Waals surface area contributed by atoms with Crippen LogP contribution in [0.1, 0.15) is 31.1 Å². The highest BCUT2D eigenvalue weighted by atomic mass is 16.6. The molecule has 7 rings (SSSR count). The first-order valence-electron chi connectivity index (χ1n) is 16.3. The van der Waals surface area contributed by atoms with Gasteiger partial charge < -0.3 is 4.74 Å². The smallest absolute Gasteiger partial charge is 0.339 e. The number of hydrogen-bond donors (Lipinski definition) is 0. The van der Waals surface area contributed by atoms with E-state index in [0.29, 0.717) is 5.56 Å². The van der Waals surface area contributed by atoms with Crippen LogP contribution in [0.5, 0.6) is 0 Å². The topological polar surface area (TPSA) is 65.0 Å². The summed E-state index contributed by atoms with van der Waals surface area (Å²) in [6.45, 7) is 5.69. The van der Waals surface area contributed by atoms with Crippen LogP contribution in [0.25, 0.3) is 66.8 Å². The summed E-state index contributed by atoms with van der Waals surface area (Å²) in [5, 5.41) is 0. The van der Waals surface area contributed by atoms with Crippen LogP contribution in [0.4, 0.5) is 0 Å². The van der Waals surface area contributed by atoms with Gasteiger partial charge in [-0.25, -0.2) is 4.79 Å². The van der Waals surface area contributed by atoms with E-state index in [-0.39, 0.29) is 5.97 Å². The molecule has 7 aromatic rings. The van der Waals surface area contributed by atoms with Crippen molar-refractivity contribution in [3.63, 3.8) is 0 Å². The third-order valence-corrected chi connectivity index (χ3v) is 8.34.